The molecule has 0 radical (unpaired) electrons. The van der Waals surface area contributed by atoms with Crippen LogP contribution in [-0.4, -0.2) is 18.5 Å². The molecule has 0 aromatic carbocycles. The molecule has 1 saturated carbocycles. The molecule has 0 spiro atoms. The zero-order chi connectivity index (χ0) is 11.1. The maximum Gasteiger partial charge on any atom is 0.0266 e. The van der Waals surface area contributed by atoms with Crippen molar-refractivity contribution in [1.29, 1.82) is 0 Å². The highest BCUT2D eigenvalue weighted by atomic mass is 35.5. The molecule has 0 aromatic rings. The predicted molar refractivity (Wildman–Crippen MR) is 68.5 cm³/mol. The lowest BCUT2D eigenvalue weighted by atomic mass is 9.85. The van der Waals surface area contributed by atoms with Crippen LogP contribution in [0.1, 0.15) is 52.4 Å². The van der Waals surface area contributed by atoms with Gasteiger partial charge in [0.15, 0.2) is 0 Å². The Morgan fingerprint density at radius 3 is 2.47 bits per heavy atom. The van der Waals surface area contributed by atoms with Crippen molar-refractivity contribution in [3.63, 3.8) is 0 Å². The minimum Gasteiger partial charge on any atom is -0.313 e. The molecular weight excluding hydrogens is 206 g/mol. The molecule has 90 valence electrons. The average Bonchev–Trinajstić information content (AvgIpc) is 2.31. The molecule has 1 rings (SSSR count). The second-order valence-corrected chi connectivity index (χ2v) is 5.20. The fourth-order valence-electron chi connectivity index (χ4n) is 2.56. The van der Waals surface area contributed by atoms with E-state index >= 15 is 0 Å². The van der Waals surface area contributed by atoms with Crippen LogP contribution in [-0.2, 0) is 0 Å². The molecule has 1 fully saturated rings. The van der Waals surface area contributed by atoms with Crippen molar-refractivity contribution in [3.8, 4) is 0 Å². The Morgan fingerprint density at radius 2 is 1.87 bits per heavy atom. The molecule has 0 bridgehead atoms. The molecule has 0 aromatic heterocycles. The molecule has 1 aliphatic carbocycles. The summed E-state index contributed by atoms with van der Waals surface area (Å²) in [6.45, 7) is 5.76. The first-order valence-electron chi connectivity index (χ1n) is 6.61. The fraction of sp³-hybridized carbons (Fsp3) is 1.00. The molecule has 0 saturated heterocycles. The van der Waals surface area contributed by atoms with Gasteiger partial charge in [-0.2, -0.15) is 0 Å². The number of hydrogen-bond donors (Lipinski definition) is 1. The van der Waals surface area contributed by atoms with Gasteiger partial charge >= 0.3 is 0 Å². The van der Waals surface area contributed by atoms with Crippen LogP contribution in [0.4, 0.5) is 0 Å². The summed E-state index contributed by atoms with van der Waals surface area (Å²) in [5.74, 6) is 2.40. The van der Waals surface area contributed by atoms with E-state index in [1.54, 1.807) is 0 Å². The highest BCUT2D eigenvalue weighted by molar-refractivity contribution is 6.18. The van der Waals surface area contributed by atoms with E-state index in [4.69, 9.17) is 11.6 Å². The van der Waals surface area contributed by atoms with Gasteiger partial charge in [0.1, 0.15) is 0 Å². The molecule has 0 amide bonds. The monoisotopic (exact) mass is 231 g/mol. The third-order valence-electron chi connectivity index (χ3n) is 3.93. The minimum atomic E-state index is 0.692. The highest BCUT2D eigenvalue weighted by Gasteiger charge is 2.24. The minimum absolute atomic E-state index is 0.692. The van der Waals surface area contributed by atoms with E-state index < -0.39 is 0 Å². The number of halogens is 1. The Balaban J connectivity index is 2.28. The van der Waals surface area contributed by atoms with Gasteiger partial charge in [0.25, 0.3) is 0 Å². The Morgan fingerprint density at radius 1 is 1.20 bits per heavy atom. The quantitative estimate of drug-likeness (QED) is 0.686. The molecule has 1 aliphatic rings. The highest BCUT2D eigenvalue weighted by Crippen LogP contribution is 2.25. The molecule has 1 nitrogen and oxygen atoms in total. The molecule has 2 unspecified atom stereocenters. The van der Waals surface area contributed by atoms with Crippen molar-refractivity contribution in [2.24, 2.45) is 11.8 Å². The van der Waals surface area contributed by atoms with Gasteiger partial charge in [-0.25, -0.2) is 0 Å². The first kappa shape index (κ1) is 13.3. The van der Waals surface area contributed by atoms with Crippen LogP contribution in [0.2, 0.25) is 0 Å². The molecule has 0 aliphatic heterocycles. The Hall–Kier alpha value is 0.250. The predicted octanol–water partition coefficient (Wildman–Crippen LogP) is 3.81. The van der Waals surface area contributed by atoms with Gasteiger partial charge in [-0.3, -0.25) is 0 Å². The number of nitrogens with one attached hydrogen (secondary N) is 1. The topological polar surface area (TPSA) is 12.0 Å². The third-order valence-corrected chi connectivity index (χ3v) is 4.33. The van der Waals surface area contributed by atoms with Gasteiger partial charge in [-0.1, -0.05) is 39.5 Å². The Labute approximate surface area is 100.0 Å². The smallest absolute Gasteiger partial charge is 0.0266 e. The van der Waals surface area contributed by atoms with Crippen LogP contribution in [0, 0.1) is 11.8 Å². The molecule has 1 N–H and O–H groups in total. The van der Waals surface area contributed by atoms with Crippen molar-refractivity contribution in [2.45, 2.75) is 58.4 Å². The van der Waals surface area contributed by atoms with E-state index in [0.717, 1.165) is 17.7 Å². The molecule has 2 atom stereocenters. The summed E-state index contributed by atoms with van der Waals surface area (Å²) < 4.78 is 0. The van der Waals surface area contributed by atoms with Crippen LogP contribution in [0.5, 0.6) is 0 Å². The zero-order valence-corrected chi connectivity index (χ0v) is 11.0. The number of hydrogen-bond acceptors (Lipinski definition) is 1. The second-order valence-electron chi connectivity index (χ2n) is 4.90. The summed E-state index contributed by atoms with van der Waals surface area (Å²) in [6.07, 6.45) is 8.00. The number of alkyl halides is 1. The van der Waals surface area contributed by atoms with E-state index in [1.165, 1.54) is 45.1 Å². The maximum atomic E-state index is 6.02. The normalized spacial score (nSPS) is 27.2. The Kier molecular flexibility index (Phi) is 6.67. The summed E-state index contributed by atoms with van der Waals surface area (Å²) in [4.78, 5) is 0. The molecule has 0 heterocycles. The van der Waals surface area contributed by atoms with E-state index in [-0.39, 0.29) is 0 Å². The number of rotatable bonds is 6. The molecule has 15 heavy (non-hydrogen) atoms. The van der Waals surface area contributed by atoms with Gasteiger partial charge in [-0.15, -0.1) is 11.6 Å². The zero-order valence-electron chi connectivity index (χ0n) is 10.3. The summed E-state index contributed by atoms with van der Waals surface area (Å²) in [5, 5.41) is 3.74. The first-order chi connectivity index (χ1) is 7.31. The first-order valence-corrected chi connectivity index (χ1v) is 7.14. The van der Waals surface area contributed by atoms with Gasteiger partial charge in [0.2, 0.25) is 0 Å². The maximum absolute atomic E-state index is 6.02. The van der Waals surface area contributed by atoms with Crippen LogP contribution in [0.3, 0.4) is 0 Å². The van der Waals surface area contributed by atoms with Gasteiger partial charge < -0.3 is 5.32 Å². The summed E-state index contributed by atoms with van der Waals surface area (Å²) in [7, 11) is 0. The van der Waals surface area contributed by atoms with Gasteiger partial charge in [0, 0.05) is 11.9 Å². The lowest BCUT2D eigenvalue weighted by Crippen LogP contribution is -2.41. The van der Waals surface area contributed by atoms with Crippen LogP contribution in [0.25, 0.3) is 0 Å². The molecular formula is C13H26ClN. The Bertz CT molecular complexity index is 157. The van der Waals surface area contributed by atoms with E-state index in [1.807, 2.05) is 0 Å². The SMILES string of the molecule is CCC(CC)CNC1CCCCC1CCl. The van der Waals surface area contributed by atoms with Crippen LogP contribution < -0.4 is 5.32 Å². The summed E-state index contributed by atoms with van der Waals surface area (Å²) >= 11 is 6.02. The van der Waals surface area contributed by atoms with Gasteiger partial charge in [-0.05, 0) is 31.2 Å². The lowest BCUT2D eigenvalue weighted by molar-refractivity contribution is 0.267. The van der Waals surface area contributed by atoms with Crippen molar-refractivity contribution in [2.75, 3.05) is 12.4 Å². The van der Waals surface area contributed by atoms with Gasteiger partial charge in [0.05, 0.1) is 0 Å². The van der Waals surface area contributed by atoms with Crippen LogP contribution >= 0.6 is 11.6 Å². The van der Waals surface area contributed by atoms with E-state index in [0.29, 0.717) is 6.04 Å². The lowest BCUT2D eigenvalue weighted by Gasteiger charge is -2.32. The van der Waals surface area contributed by atoms with Crippen molar-refractivity contribution < 1.29 is 0 Å². The average molecular weight is 232 g/mol. The van der Waals surface area contributed by atoms with Crippen molar-refractivity contribution >= 4 is 11.6 Å². The summed E-state index contributed by atoms with van der Waals surface area (Å²) in [6, 6.07) is 0.692. The largest absolute Gasteiger partial charge is 0.313 e. The van der Waals surface area contributed by atoms with E-state index in [9.17, 15) is 0 Å². The summed E-state index contributed by atoms with van der Waals surface area (Å²) in [5.41, 5.74) is 0. The van der Waals surface area contributed by atoms with Crippen LogP contribution in [0.15, 0.2) is 0 Å². The third kappa shape index (κ3) is 4.32. The van der Waals surface area contributed by atoms with E-state index in [2.05, 4.69) is 19.2 Å². The van der Waals surface area contributed by atoms with Crippen molar-refractivity contribution in [3.05, 3.63) is 0 Å². The molecule has 2 heteroatoms. The van der Waals surface area contributed by atoms with Crippen molar-refractivity contribution in [1.82, 2.24) is 5.32 Å². The standard InChI is InChI=1S/C13H26ClN/c1-3-11(4-2)10-15-13-8-6-5-7-12(13)9-14/h11-13,15H,3-10H2,1-2H3. The fourth-order valence-corrected chi connectivity index (χ4v) is 2.93. The second kappa shape index (κ2) is 7.51.